The lowest BCUT2D eigenvalue weighted by Crippen LogP contribution is -2.31. The lowest BCUT2D eigenvalue weighted by atomic mass is 9.89. The Labute approximate surface area is 220 Å². The van der Waals surface area contributed by atoms with Gasteiger partial charge in [-0.2, -0.15) is 4.98 Å². The molecule has 196 valence electrons. The van der Waals surface area contributed by atoms with Crippen LogP contribution < -0.4 is 15.4 Å². The van der Waals surface area contributed by atoms with E-state index in [1.165, 1.54) is 31.2 Å². The highest BCUT2D eigenvalue weighted by atomic mass is 35.5. The molecule has 1 aromatic carbocycles. The van der Waals surface area contributed by atoms with E-state index in [4.69, 9.17) is 26.1 Å². The molecule has 8 heteroatoms. The Kier molecular flexibility index (Phi) is 8.50. The fourth-order valence-electron chi connectivity index (χ4n) is 5.72. The highest BCUT2D eigenvalue weighted by molar-refractivity contribution is 6.32. The molecule has 3 aliphatic rings. The minimum Gasteiger partial charge on any atom is -0.488 e. The molecule has 5 rings (SSSR count). The van der Waals surface area contributed by atoms with Gasteiger partial charge in [0.1, 0.15) is 10.8 Å². The van der Waals surface area contributed by atoms with Crippen molar-refractivity contribution in [3.63, 3.8) is 0 Å². The van der Waals surface area contributed by atoms with Crippen molar-refractivity contribution in [3.8, 4) is 5.75 Å². The SMILES string of the molecule is C[C@@H](Nc1nc(Nc2ccc(C3CCN(C)CC3)cc2OC2CCCC2)ncc1Cl)C1CCOCC1. The van der Waals surface area contributed by atoms with Crippen LogP contribution in [0.3, 0.4) is 0 Å². The van der Waals surface area contributed by atoms with Crippen LogP contribution in [0.2, 0.25) is 5.02 Å². The second-order valence-corrected chi connectivity index (χ2v) is 11.2. The first-order chi connectivity index (χ1) is 17.5. The van der Waals surface area contributed by atoms with Gasteiger partial charge in [-0.3, -0.25) is 0 Å². The summed E-state index contributed by atoms with van der Waals surface area (Å²) in [5, 5.41) is 7.48. The molecule has 0 unspecified atom stereocenters. The van der Waals surface area contributed by atoms with E-state index in [0.29, 0.717) is 28.6 Å². The third-order valence-corrected chi connectivity index (χ3v) is 8.40. The summed E-state index contributed by atoms with van der Waals surface area (Å²) in [7, 11) is 2.21. The minimum absolute atomic E-state index is 0.254. The van der Waals surface area contributed by atoms with Crippen molar-refractivity contribution >= 4 is 29.1 Å². The first kappa shape index (κ1) is 25.6. The summed E-state index contributed by atoms with van der Waals surface area (Å²) in [6.45, 7) is 6.11. The zero-order chi connectivity index (χ0) is 24.9. The average molecular weight is 514 g/mol. The highest BCUT2D eigenvalue weighted by Crippen LogP contribution is 2.37. The molecular weight excluding hydrogens is 474 g/mol. The van der Waals surface area contributed by atoms with Crippen molar-refractivity contribution < 1.29 is 9.47 Å². The highest BCUT2D eigenvalue weighted by Gasteiger charge is 2.24. The maximum absolute atomic E-state index is 6.55. The molecule has 36 heavy (non-hydrogen) atoms. The largest absolute Gasteiger partial charge is 0.488 e. The number of nitrogens with one attached hydrogen (secondary N) is 2. The van der Waals surface area contributed by atoms with Gasteiger partial charge in [0.2, 0.25) is 5.95 Å². The van der Waals surface area contributed by atoms with Crippen LogP contribution in [0.25, 0.3) is 0 Å². The number of hydrogen-bond donors (Lipinski definition) is 2. The van der Waals surface area contributed by atoms with Gasteiger partial charge in [0.05, 0.1) is 18.0 Å². The van der Waals surface area contributed by atoms with Gasteiger partial charge in [-0.1, -0.05) is 17.7 Å². The number of halogens is 1. The van der Waals surface area contributed by atoms with Crippen molar-refractivity contribution in [1.82, 2.24) is 14.9 Å². The summed E-state index contributed by atoms with van der Waals surface area (Å²) in [5.41, 5.74) is 2.27. The Morgan fingerprint density at radius 2 is 1.83 bits per heavy atom. The molecule has 2 N–H and O–H groups in total. The maximum Gasteiger partial charge on any atom is 0.229 e. The number of nitrogens with zero attached hydrogens (tertiary/aromatic N) is 3. The Morgan fingerprint density at radius 3 is 2.58 bits per heavy atom. The van der Waals surface area contributed by atoms with Gasteiger partial charge in [0.25, 0.3) is 0 Å². The van der Waals surface area contributed by atoms with Crippen LogP contribution in [0.1, 0.15) is 69.8 Å². The summed E-state index contributed by atoms with van der Waals surface area (Å²) < 4.78 is 12.1. The number of benzene rings is 1. The molecule has 0 radical (unpaired) electrons. The molecule has 1 aromatic heterocycles. The molecular formula is C28H40ClN5O2. The average Bonchev–Trinajstić information content (AvgIpc) is 3.41. The zero-order valence-corrected chi connectivity index (χ0v) is 22.4. The van der Waals surface area contributed by atoms with E-state index in [1.807, 2.05) is 0 Å². The maximum atomic E-state index is 6.55. The number of aromatic nitrogens is 2. The standard InChI is InChI=1S/C28H40ClN5O2/c1-19(20-11-15-35-16-12-20)31-27-24(29)18-30-28(33-27)32-25-8-7-22(21-9-13-34(2)14-10-21)17-26(25)36-23-5-3-4-6-23/h7-8,17-21,23H,3-6,9-16H2,1-2H3,(H2,30,31,32,33)/t19-/m1/s1. The van der Waals surface area contributed by atoms with Crippen LogP contribution >= 0.6 is 11.6 Å². The molecule has 2 saturated heterocycles. The van der Waals surface area contributed by atoms with Crippen molar-refractivity contribution in [3.05, 3.63) is 35.0 Å². The van der Waals surface area contributed by atoms with Gasteiger partial charge >= 0.3 is 0 Å². The second kappa shape index (κ2) is 12.0. The number of ether oxygens (including phenoxy) is 2. The summed E-state index contributed by atoms with van der Waals surface area (Å²) in [5.74, 6) is 3.20. The van der Waals surface area contributed by atoms with E-state index >= 15 is 0 Å². The summed E-state index contributed by atoms with van der Waals surface area (Å²) in [6, 6.07) is 6.87. The monoisotopic (exact) mass is 513 g/mol. The van der Waals surface area contributed by atoms with Crippen LogP contribution in [0.4, 0.5) is 17.5 Å². The minimum atomic E-state index is 0.254. The van der Waals surface area contributed by atoms with Gasteiger partial charge in [0.15, 0.2) is 5.82 Å². The summed E-state index contributed by atoms with van der Waals surface area (Å²) >= 11 is 6.48. The predicted molar refractivity (Wildman–Crippen MR) is 146 cm³/mol. The quantitative estimate of drug-likeness (QED) is 0.433. The molecule has 1 aliphatic carbocycles. The van der Waals surface area contributed by atoms with Crippen LogP contribution in [0.15, 0.2) is 24.4 Å². The molecule has 3 fully saturated rings. The molecule has 1 saturated carbocycles. The lowest BCUT2D eigenvalue weighted by Gasteiger charge is -2.30. The van der Waals surface area contributed by atoms with Crippen LogP contribution in [-0.2, 0) is 4.74 Å². The number of piperidine rings is 1. The smallest absolute Gasteiger partial charge is 0.229 e. The van der Waals surface area contributed by atoms with Crippen LogP contribution in [0.5, 0.6) is 5.75 Å². The summed E-state index contributed by atoms with van der Waals surface area (Å²) in [4.78, 5) is 11.6. The van der Waals surface area contributed by atoms with E-state index in [-0.39, 0.29) is 12.1 Å². The molecule has 2 aliphatic heterocycles. The Hall–Kier alpha value is -2.09. The molecule has 0 bridgehead atoms. The lowest BCUT2D eigenvalue weighted by molar-refractivity contribution is 0.0622. The third kappa shape index (κ3) is 6.42. The third-order valence-electron chi connectivity index (χ3n) is 8.12. The van der Waals surface area contributed by atoms with Gasteiger partial charge in [-0.25, -0.2) is 4.98 Å². The van der Waals surface area contributed by atoms with E-state index in [2.05, 4.69) is 52.7 Å². The Morgan fingerprint density at radius 1 is 1.08 bits per heavy atom. The molecule has 2 aromatic rings. The summed E-state index contributed by atoms with van der Waals surface area (Å²) in [6.07, 6.45) is 11.1. The van der Waals surface area contributed by atoms with Gasteiger partial charge < -0.3 is 25.0 Å². The Balaban J connectivity index is 1.34. The number of rotatable bonds is 8. The second-order valence-electron chi connectivity index (χ2n) is 10.8. The van der Waals surface area contributed by atoms with Gasteiger partial charge in [-0.15, -0.1) is 0 Å². The number of likely N-dealkylation sites (tertiary alicyclic amines) is 1. The predicted octanol–water partition coefficient (Wildman–Crippen LogP) is 6.23. The van der Waals surface area contributed by atoms with Crippen molar-refractivity contribution in [2.75, 3.05) is 44.0 Å². The van der Waals surface area contributed by atoms with E-state index in [1.54, 1.807) is 6.20 Å². The molecule has 1 atom stereocenters. The van der Waals surface area contributed by atoms with Crippen LogP contribution in [0, 0.1) is 5.92 Å². The molecule has 0 amide bonds. The van der Waals surface area contributed by atoms with Crippen molar-refractivity contribution in [2.45, 2.75) is 76.4 Å². The zero-order valence-electron chi connectivity index (χ0n) is 21.6. The van der Waals surface area contributed by atoms with E-state index in [0.717, 1.165) is 63.4 Å². The topological polar surface area (TPSA) is 71.5 Å². The molecule has 3 heterocycles. The van der Waals surface area contributed by atoms with Crippen molar-refractivity contribution in [2.24, 2.45) is 5.92 Å². The Bertz CT molecular complexity index is 1000. The normalized spacial score (nSPS) is 21.4. The first-order valence-corrected chi connectivity index (χ1v) is 14.1. The van der Waals surface area contributed by atoms with Gasteiger partial charge in [0, 0.05) is 19.3 Å². The van der Waals surface area contributed by atoms with Crippen LogP contribution in [-0.4, -0.2) is 60.4 Å². The van der Waals surface area contributed by atoms with E-state index < -0.39 is 0 Å². The number of anilines is 3. The molecule has 7 nitrogen and oxygen atoms in total. The molecule has 0 spiro atoms. The fourth-order valence-corrected chi connectivity index (χ4v) is 5.87. The fraction of sp³-hybridized carbons (Fsp3) is 0.643. The van der Waals surface area contributed by atoms with E-state index in [9.17, 15) is 0 Å². The van der Waals surface area contributed by atoms with Gasteiger partial charge in [-0.05, 0) is 108 Å². The van der Waals surface area contributed by atoms with Crippen molar-refractivity contribution in [1.29, 1.82) is 0 Å². The number of hydrogen-bond acceptors (Lipinski definition) is 7. The first-order valence-electron chi connectivity index (χ1n) is 13.7.